The molecule has 8 heteroatoms. The predicted octanol–water partition coefficient (Wildman–Crippen LogP) is 2.87. The van der Waals surface area contributed by atoms with Gasteiger partial charge in [0.2, 0.25) is 5.91 Å². The van der Waals surface area contributed by atoms with Crippen molar-refractivity contribution in [1.29, 1.82) is 0 Å². The fraction of sp³-hybridized carbons (Fsp3) is 0.684. The monoisotopic (exact) mass is 384 g/mol. The first-order chi connectivity index (χ1) is 12.9. The van der Waals surface area contributed by atoms with Gasteiger partial charge in [0.05, 0.1) is 17.8 Å². The molecule has 1 atom stereocenters. The summed E-state index contributed by atoms with van der Waals surface area (Å²) in [4.78, 5) is 22.7. The molecule has 2 fully saturated rings. The molecule has 1 amide bonds. The van der Waals surface area contributed by atoms with Crippen LogP contribution in [0.25, 0.3) is 0 Å². The third kappa shape index (κ3) is 4.91. The number of amides is 1. The molecule has 3 heterocycles. The van der Waals surface area contributed by atoms with E-state index < -0.39 is 11.9 Å². The van der Waals surface area contributed by atoms with Crippen molar-refractivity contribution in [1.82, 2.24) is 14.8 Å². The van der Waals surface area contributed by atoms with Crippen LogP contribution in [0.3, 0.4) is 0 Å². The summed E-state index contributed by atoms with van der Waals surface area (Å²) in [7, 11) is 0. The van der Waals surface area contributed by atoms with Crippen LogP contribution >= 0.6 is 0 Å². The molecule has 0 unspecified atom stereocenters. The van der Waals surface area contributed by atoms with Gasteiger partial charge in [0.25, 0.3) is 0 Å². The van der Waals surface area contributed by atoms with Gasteiger partial charge in [0.1, 0.15) is 5.69 Å². The Hall–Kier alpha value is -1.83. The Kier molecular flexibility index (Phi) is 6.24. The van der Waals surface area contributed by atoms with Gasteiger partial charge in [-0.3, -0.25) is 4.79 Å². The normalized spacial score (nSPS) is 22.1. The molecule has 0 N–H and O–H groups in total. The van der Waals surface area contributed by atoms with Crippen LogP contribution in [0.4, 0.5) is 18.9 Å². The Morgan fingerprint density at radius 2 is 2.00 bits per heavy atom. The average Bonchev–Trinajstić information content (AvgIpc) is 3.02. The molecular formula is C19H27F3N4O. The third-order valence-electron chi connectivity index (χ3n) is 5.38. The molecule has 3 rings (SSSR count). The van der Waals surface area contributed by atoms with Gasteiger partial charge in [-0.2, -0.15) is 13.2 Å². The molecule has 2 aliphatic heterocycles. The van der Waals surface area contributed by atoms with Gasteiger partial charge in [0, 0.05) is 32.7 Å². The van der Waals surface area contributed by atoms with E-state index in [9.17, 15) is 18.0 Å². The van der Waals surface area contributed by atoms with Crippen LogP contribution < -0.4 is 4.90 Å². The molecule has 0 aliphatic carbocycles. The minimum Gasteiger partial charge on any atom is -0.369 e. The van der Waals surface area contributed by atoms with Crippen LogP contribution in [-0.2, 0) is 11.0 Å². The summed E-state index contributed by atoms with van der Waals surface area (Å²) < 4.78 is 37.9. The van der Waals surface area contributed by atoms with E-state index in [0.717, 1.165) is 58.1 Å². The van der Waals surface area contributed by atoms with Gasteiger partial charge < -0.3 is 14.7 Å². The Bertz CT molecular complexity index is 635. The summed E-state index contributed by atoms with van der Waals surface area (Å²) in [5.41, 5.74) is -0.248. The van der Waals surface area contributed by atoms with Crippen molar-refractivity contribution in [3.63, 3.8) is 0 Å². The second-order valence-corrected chi connectivity index (χ2v) is 7.35. The number of carbonyl (C=O) groups is 1. The number of alkyl halides is 3. The molecular weight excluding hydrogens is 357 g/mol. The predicted molar refractivity (Wildman–Crippen MR) is 97.5 cm³/mol. The van der Waals surface area contributed by atoms with E-state index in [1.165, 1.54) is 12.3 Å². The summed E-state index contributed by atoms with van der Waals surface area (Å²) in [5.74, 6) is 0.0840. The molecule has 5 nitrogen and oxygen atoms in total. The van der Waals surface area contributed by atoms with Gasteiger partial charge >= 0.3 is 6.18 Å². The summed E-state index contributed by atoms with van der Waals surface area (Å²) in [6, 6.07) is 2.44. The molecule has 0 bridgehead atoms. The van der Waals surface area contributed by atoms with Crippen molar-refractivity contribution < 1.29 is 18.0 Å². The second-order valence-electron chi connectivity index (χ2n) is 7.35. The van der Waals surface area contributed by atoms with Gasteiger partial charge in [0.15, 0.2) is 0 Å². The minimum atomic E-state index is -4.43. The smallest absolute Gasteiger partial charge is 0.369 e. The fourth-order valence-corrected chi connectivity index (χ4v) is 3.93. The van der Waals surface area contributed by atoms with E-state index in [4.69, 9.17) is 0 Å². The lowest BCUT2D eigenvalue weighted by molar-refractivity contribution is -0.141. The zero-order valence-electron chi connectivity index (χ0n) is 15.7. The van der Waals surface area contributed by atoms with Crippen LogP contribution in [0.15, 0.2) is 18.3 Å². The molecule has 0 spiro atoms. The van der Waals surface area contributed by atoms with Crippen molar-refractivity contribution in [2.24, 2.45) is 5.92 Å². The number of hydrogen-bond acceptors (Lipinski definition) is 4. The number of aromatic nitrogens is 1. The summed E-state index contributed by atoms with van der Waals surface area (Å²) >= 11 is 0. The molecule has 2 aliphatic rings. The molecule has 1 aromatic heterocycles. The van der Waals surface area contributed by atoms with Crippen LogP contribution in [0, 0.1) is 5.92 Å². The quantitative estimate of drug-likeness (QED) is 0.800. The van der Waals surface area contributed by atoms with Crippen molar-refractivity contribution in [2.75, 3.05) is 50.7 Å². The first kappa shape index (κ1) is 19.9. The van der Waals surface area contributed by atoms with E-state index >= 15 is 0 Å². The lowest BCUT2D eigenvalue weighted by Crippen LogP contribution is -2.40. The zero-order chi connectivity index (χ0) is 19.4. The lowest BCUT2D eigenvalue weighted by atomic mass is 10.1. The van der Waals surface area contributed by atoms with E-state index in [0.29, 0.717) is 18.8 Å². The van der Waals surface area contributed by atoms with Crippen LogP contribution in [0.2, 0.25) is 0 Å². The Labute approximate surface area is 158 Å². The maximum atomic E-state index is 12.9. The van der Waals surface area contributed by atoms with Crippen molar-refractivity contribution in [2.45, 2.75) is 32.4 Å². The first-order valence-corrected chi connectivity index (χ1v) is 9.68. The van der Waals surface area contributed by atoms with Crippen LogP contribution in [0.1, 0.15) is 31.9 Å². The lowest BCUT2D eigenvalue weighted by Gasteiger charge is -2.25. The highest BCUT2D eigenvalue weighted by Gasteiger charge is 2.34. The standard InChI is InChI=1S/C19H27F3N4O/c1-2-7-24-8-3-9-25(12-11-24)18(27)15-6-10-26(14-15)16-4-5-17(23-13-16)19(20,21)22/h4-5,13,15H,2-3,6-12,14H2,1H3/t15-/m0/s1. The highest BCUT2D eigenvalue weighted by Crippen LogP contribution is 2.30. The Balaban J connectivity index is 1.56. The Morgan fingerprint density at radius 3 is 2.67 bits per heavy atom. The van der Waals surface area contributed by atoms with Crippen LogP contribution in [-0.4, -0.2) is 66.5 Å². The maximum absolute atomic E-state index is 12.9. The van der Waals surface area contributed by atoms with Crippen molar-refractivity contribution in [3.8, 4) is 0 Å². The summed E-state index contributed by atoms with van der Waals surface area (Å²) in [5, 5.41) is 0. The van der Waals surface area contributed by atoms with Gasteiger partial charge in [-0.05, 0) is 44.5 Å². The van der Waals surface area contributed by atoms with Gasteiger partial charge in [-0.1, -0.05) is 6.92 Å². The van der Waals surface area contributed by atoms with E-state index in [2.05, 4.69) is 16.8 Å². The number of pyridine rings is 1. The summed E-state index contributed by atoms with van der Waals surface area (Å²) in [6.45, 7) is 7.94. The molecule has 27 heavy (non-hydrogen) atoms. The molecule has 0 saturated carbocycles. The van der Waals surface area contributed by atoms with Gasteiger partial charge in [-0.15, -0.1) is 0 Å². The second kappa shape index (κ2) is 8.46. The topological polar surface area (TPSA) is 39.7 Å². The van der Waals surface area contributed by atoms with Crippen molar-refractivity contribution >= 4 is 11.6 Å². The minimum absolute atomic E-state index is 0.0926. The SMILES string of the molecule is CCCN1CCCN(C(=O)[C@H]2CCN(c3ccc(C(F)(F)F)nc3)C2)CC1. The number of nitrogens with zero attached hydrogens (tertiary/aromatic N) is 4. The van der Waals surface area contributed by atoms with E-state index in [-0.39, 0.29) is 11.8 Å². The zero-order valence-corrected chi connectivity index (χ0v) is 15.7. The molecule has 0 aromatic carbocycles. The van der Waals surface area contributed by atoms with Crippen molar-refractivity contribution in [3.05, 3.63) is 24.0 Å². The highest BCUT2D eigenvalue weighted by molar-refractivity contribution is 5.80. The first-order valence-electron chi connectivity index (χ1n) is 9.68. The molecule has 2 saturated heterocycles. The number of carbonyl (C=O) groups excluding carboxylic acids is 1. The average molecular weight is 384 g/mol. The Morgan fingerprint density at radius 1 is 1.19 bits per heavy atom. The van der Waals surface area contributed by atoms with Crippen LogP contribution in [0.5, 0.6) is 0 Å². The largest absolute Gasteiger partial charge is 0.433 e. The number of rotatable bonds is 4. The number of hydrogen-bond donors (Lipinski definition) is 0. The van der Waals surface area contributed by atoms with E-state index in [1.54, 1.807) is 0 Å². The maximum Gasteiger partial charge on any atom is 0.433 e. The molecule has 150 valence electrons. The fourth-order valence-electron chi connectivity index (χ4n) is 3.93. The number of anilines is 1. The van der Waals surface area contributed by atoms with E-state index in [1.807, 2.05) is 9.80 Å². The summed E-state index contributed by atoms with van der Waals surface area (Å²) in [6.07, 6.45) is -0.336. The third-order valence-corrected chi connectivity index (χ3v) is 5.38. The van der Waals surface area contributed by atoms with Gasteiger partial charge in [-0.25, -0.2) is 4.98 Å². The number of halogens is 3. The highest BCUT2D eigenvalue weighted by atomic mass is 19.4. The molecule has 1 aromatic rings. The molecule has 0 radical (unpaired) electrons.